The quantitative estimate of drug-likeness (QED) is 0.307. The summed E-state index contributed by atoms with van der Waals surface area (Å²) in [6, 6.07) is 5.97. The van der Waals surface area contributed by atoms with Crippen LogP contribution in [-0.2, 0) is 10.7 Å². The molecule has 0 atom stereocenters. The van der Waals surface area contributed by atoms with Gasteiger partial charge in [-0.2, -0.15) is 0 Å². The van der Waals surface area contributed by atoms with Gasteiger partial charge in [0.2, 0.25) is 0 Å². The lowest BCUT2D eigenvalue weighted by Gasteiger charge is -2.10. The number of carbonyl (C=O) groups is 1. The number of rotatable bonds is 4. The molecule has 0 heterocycles. The molecule has 0 N–H and O–H groups in total. The Morgan fingerprint density at radius 2 is 1.18 bits per heavy atom. The van der Waals surface area contributed by atoms with Crippen molar-refractivity contribution in [2.45, 2.75) is 10.7 Å². The molecule has 0 fully saturated rings. The second kappa shape index (κ2) is 7.64. The molecule has 0 aromatic heterocycles. The van der Waals surface area contributed by atoms with Crippen LogP contribution in [0, 0.1) is 11.6 Å². The van der Waals surface area contributed by atoms with E-state index in [2.05, 4.69) is 63.7 Å². The van der Waals surface area contributed by atoms with E-state index in [1.54, 1.807) is 12.1 Å². The summed E-state index contributed by atoms with van der Waals surface area (Å²) in [5, 5.41) is 0.887. The summed E-state index contributed by atoms with van der Waals surface area (Å²) >= 11 is 12.7. The van der Waals surface area contributed by atoms with Crippen molar-refractivity contribution in [3.05, 3.63) is 67.1 Å². The average molecular weight is 562 g/mol. The maximum absolute atomic E-state index is 14.3. The summed E-state index contributed by atoms with van der Waals surface area (Å²) in [7, 11) is 0. The van der Waals surface area contributed by atoms with E-state index in [0.29, 0.717) is 21.8 Å². The SMILES string of the molecule is O=C(c1ccc(CBr)c(Br)c1F)c1ccc(CBr)c(Br)c1F. The first-order chi connectivity index (χ1) is 10.4. The smallest absolute Gasteiger partial charge is 0.198 e. The summed E-state index contributed by atoms with van der Waals surface area (Å²) in [5.74, 6) is -2.08. The Morgan fingerprint density at radius 1 is 0.818 bits per heavy atom. The lowest BCUT2D eigenvalue weighted by molar-refractivity contribution is 0.103. The number of ketones is 1. The van der Waals surface area contributed by atoms with Crippen molar-refractivity contribution >= 4 is 69.5 Å². The minimum absolute atomic E-state index is 0.172. The standard InChI is InChI=1S/C15H8Br4F2O/c16-5-7-1-3-9(13(20)11(7)18)15(22)10-4-2-8(6-17)12(19)14(10)21/h1-4H,5-6H2. The van der Waals surface area contributed by atoms with Crippen molar-refractivity contribution in [3.63, 3.8) is 0 Å². The summed E-state index contributed by atoms with van der Waals surface area (Å²) < 4.78 is 29.1. The molecular formula is C15H8Br4F2O. The Kier molecular flexibility index (Phi) is 6.33. The minimum Gasteiger partial charge on any atom is -0.288 e. The van der Waals surface area contributed by atoms with Crippen LogP contribution in [0.3, 0.4) is 0 Å². The zero-order valence-electron chi connectivity index (χ0n) is 10.9. The zero-order chi connectivity index (χ0) is 16.4. The molecule has 7 heteroatoms. The minimum atomic E-state index is -0.696. The van der Waals surface area contributed by atoms with Crippen molar-refractivity contribution in [1.82, 2.24) is 0 Å². The number of carbonyl (C=O) groups excluding carboxylic acids is 1. The lowest BCUT2D eigenvalue weighted by atomic mass is 10.00. The Labute approximate surface area is 160 Å². The number of halogens is 6. The molecule has 0 aliphatic heterocycles. The van der Waals surface area contributed by atoms with Gasteiger partial charge >= 0.3 is 0 Å². The molecule has 0 unspecified atom stereocenters. The molecule has 0 aliphatic carbocycles. The first kappa shape index (κ1) is 18.2. The van der Waals surface area contributed by atoms with E-state index in [9.17, 15) is 13.6 Å². The van der Waals surface area contributed by atoms with Crippen LogP contribution in [0.1, 0.15) is 27.0 Å². The summed E-state index contributed by atoms with van der Waals surface area (Å²) in [6.45, 7) is 0. The Hall–Kier alpha value is -0.110. The molecule has 0 spiro atoms. The maximum atomic E-state index is 14.3. The van der Waals surface area contributed by atoms with Gasteiger partial charge in [-0.15, -0.1) is 0 Å². The molecule has 0 radical (unpaired) electrons. The van der Waals surface area contributed by atoms with Crippen molar-refractivity contribution in [1.29, 1.82) is 0 Å². The third-order valence-corrected chi connectivity index (χ3v) is 6.02. The van der Waals surface area contributed by atoms with E-state index < -0.39 is 17.4 Å². The molecule has 0 saturated carbocycles. The Morgan fingerprint density at radius 3 is 1.50 bits per heavy atom. The molecule has 0 bridgehead atoms. The van der Waals surface area contributed by atoms with Gasteiger partial charge in [0.05, 0.1) is 20.1 Å². The van der Waals surface area contributed by atoms with Gasteiger partial charge in [0.15, 0.2) is 5.78 Å². The van der Waals surface area contributed by atoms with Gasteiger partial charge in [-0.25, -0.2) is 8.78 Å². The van der Waals surface area contributed by atoms with Crippen molar-refractivity contribution in [2.75, 3.05) is 0 Å². The monoisotopic (exact) mass is 558 g/mol. The first-order valence-corrected chi connectivity index (χ1v) is 9.85. The molecule has 2 aromatic carbocycles. The lowest BCUT2D eigenvalue weighted by Crippen LogP contribution is -2.09. The molecule has 0 amide bonds. The Bertz CT molecular complexity index is 685. The average Bonchev–Trinajstić information content (AvgIpc) is 2.52. The van der Waals surface area contributed by atoms with Gasteiger partial charge in [0.25, 0.3) is 0 Å². The van der Waals surface area contributed by atoms with Gasteiger partial charge in [0.1, 0.15) is 11.6 Å². The molecular weight excluding hydrogens is 554 g/mol. The summed E-state index contributed by atoms with van der Waals surface area (Å²) in [4.78, 5) is 12.4. The highest BCUT2D eigenvalue weighted by atomic mass is 79.9. The van der Waals surface area contributed by atoms with Crippen molar-refractivity contribution in [2.24, 2.45) is 0 Å². The first-order valence-electron chi connectivity index (χ1n) is 6.02. The second-order valence-electron chi connectivity index (χ2n) is 4.40. The van der Waals surface area contributed by atoms with Crippen LogP contribution in [-0.4, -0.2) is 5.78 Å². The van der Waals surface area contributed by atoms with Gasteiger partial charge < -0.3 is 0 Å². The highest BCUT2D eigenvalue weighted by molar-refractivity contribution is 9.11. The molecule has 1 nitrogen and oxygen atoms in total. The van der Waals surface area contributed by atoms with Crippen molar-refractivity contribution in [3.8, 4) is 0 Å². The van der Waals surface area contributed by atoms with Crippen LogP contribution in [0.15, 0.2) is 33.2 Å². The molecule has 22 heavy (non-hydrogen) atoms. The number of hydrogen-bond acceptors (Lipinski definition) is 1. The number of hydrogen-bond donors (Lipinski definition) is 0. The van der Waals surface area contributed by atoms with E-state index >= 15 is 0 Å². The largest absolute Gasteiger partial charge is 0.288 e. The summed E-state index contributed by atoms with van der Waals surface area (Å²) in [5.41, 5.74) is 0.999. The third-order valence-electron chi connectivity index (χ3n) is 3.10. The fourth-order valence-electron chi connectivity index (χ4n) is 1.88. The number of alkyl halides is 2. The Balaban J connectivity index is 2.54. The number of benzene rings is 2. The molecule has 2 rings (SSSR count). The van der Waals surface area contributed by atoms with Gasteiger partial charge in [-0.3, -0.25) is 4.79 Å². The van der Waals surface area contributed by atoms with Gasteiger partial charge in [-0.1, -0.05) is 44.0 Å². The van der Waals surface area contributed by atoms with Gasteiger partial charge in [0, 0.05) is 10.7 Å². The third kappa shape index (κ3) is 3.37. The van der Waals surface area contributed by atoms with Crippen LogP contribution < -0.4 is 0 Å². The molecule has 2 aromatic rings. The van der Waals surface area contributed by atoms with E-state index in [1.165, 1.54) is 12.1 Å². The normalized spacial score (nSPS) is 10.8. The fraction of sp³-hybridized carbons (Fsp3) is 0.133. The second-order valence-corrected chi connectivity index (χ2v) is 7.10. The maximum Gasteiger partial charge on any atom is 0.198 e. The van der Waals surface area contributed by atoms with Crippen LogP contribution in [0.4, 0.5) is 8.78 Å². The fourth-order valence-corrected chi connectivity index (χ4v) is 4.54. The topological polar surface area (TPSA) is 17.1 Å². The molecule has 0 aliphatic rings. The molecule has 116 valence electrons. The van der Waals surface area contributed by atoms with Crippen LogP contribution in [0.25, 0.3) is 0 Å². The molecule has 0 saturated heterocycles. The van der Waals surface area contributed by atoms with E-state index in [4.69, 9.17) is 0 Å². The predicted octanol–water partition coefficient (Wildman–Crippen LogP) is 6.51. The van der Waals surface area contributed by atoms with Crippen molar-refractivity contribution < 1.29 is 13.6 Å². The van der Waals surface area contributed by atoms with Crippen LogP contribution in [0.2, 0.25) is 0 Å². The van der Waals surface area contributed by atoms with Crippen LogP contribution >= 0.6 is 63.7 Å². The summed E-state index contributed by atoms with van der Waals surface area (Å²) in [6.07, 6.45) is 0. The zero-order valence-corrected chi connectivity index (χ0v) is 17.2. The van der Waals surface area contributed by atoms with Crippen LogP contribution in [0.5, 0.6) is 0 Å². The van der Waals surface area contributed by atoms with Gasteiger partial charge in [-0.05, 0) is 55.1 Å². The highest BCUT2D eigenvalue weighted by Gasteiger charge is 2.22. The van der Waals surface area contributed by atoms with E-state index in [-0.39, 0.29) is 20.1 Å². The van der Waals surface area contributed by atoms with E-state index in [1.807, 2.05) is 0 Å². The predicted molar refractivity (Wildman–Crippen MR) is 96.9 cm³/mol. The highest BCUT2D eigenvalue weighted by Crippen LogP contribution is 2.30. The van der Waals surface area contributed by atoms with E-state index in [0.717, 1.165) is 0 Å².